The van der Waals surface area contributed by atoms with Crippen molar-refractivity contribution in [1.29, 1.82) is 0 Å². The van der Waals surface area contributed by atoms with Crippen molar-refractivity contribution in [3.8, 4) is 28.5 Å². The van der Waals surface area contributed by atoms with Crippen molar-refractivity contribution in [3.05, 3.63) is 30.2 Å². The molecule has 0 bridgehead atoms. The van der Waals surface area contributed by atoms with Crippen molar-refractivity contribution < 1.29 is 14.2 Å². The van der Waals surface area contributed by atoms with E-state index in [1.807, 2.05) is 25.1 Å². The smallest absolute Gasteiger partial charge is 0.231 e. The van der Waals surface area contributed by atoms with Crippen molar-refractivity contribution in [2.24, 2.45) is 0 Å². The Hall–Kier alpha value is -2.30. The van der Waals surface area contributed by atoms with E-state index in [1.54, 1.807) is 13.3 Å². The van der Waals surface area contributed by atoms with Crippen LogP contribution in [0, 0.1) is 6.92 Å². The molecule has 0 aliphatic carbocycles. The van der Waals surface area contributed by atoms with Gasteiger partial charge in [0.25, 0.3) is 0 Å². The van der Waals surface area contributed by atoms with Gasteiger partial charge in [-0.3, -0.25) is 0 Å². The van der Waals surface area contributed by atoms with Crippen LogP contribution in [0.5, 0.6) is 17.2 Å². The van der Waals surface area contributed by atoms with Gasteiger partial charge in [0.1, 0.15) is 11.6 Å². The predicted octanol–water partition coefficient (Wildman–Crippen LogP) is 2.19. The van der Waals surface area contributed by atoms with Gasteiger partial charge in [0.15, 0.2) is 11.5 Å². The average molecular weight is 244 g/mol. The van der Waals surface area contributed by atoms with Crippen LogP contribution in [0.1, 0.15) is 5.82 Å². The van der Waals surface area contributed by atoms with E-state index in [9.17, 15) is 0 Å². The maximum absolute atomic E-state index is 5.37. The highest BCUT2D eigenvalue weighted by Crippen LogP contribution is 2.41. The van der Waals surface area contributed by atoms with Crippen LogP contribution in [0.3, 0.4) is 0 Å². The van der Waals surface area contributed by atoms with Crippen LogP contribution in [0.4, 0.5) is 0 Å². The summed E-state index contributed by atoms with van der Waals surface area (Å²) in [6, 6.07) is 5.53. The van der Waals surface area contributed by atoms with E-state index in [-0.39, 0.29) is 6.79 Å². The molecule has 0 amide bonds. The van der Waals surface area contributed by atoms with Gasteiger partial charge >= 0.3 is 0 Å². The minimum absolute atomic E-state index is 0.241. The first-order valence-electron chi connectivity index (χ1n) is 5.55. The second-order valence-electron chi connectivity index (χ2n) is 3.89. The molecule has 0 unspecified atom stereocenters. The van der Waals surface area contributed by atoms with E-state index < -0.39 is 0 Å². The summed E-state index contributed by atoms with van der Waals surface area (Å²) in [6.45, 7) is 2.09. The van der Waals surface area contributed by atoms with Crippen molar-refractivity contribution in [2.75, 3.05) is 13.9 Å². The lowest BCUT2D eigenvalue weighted by Gasteiger charge is -2.09. The molecule has 5 heteroatoms. The van der Waals surface area contributed by atoms with Crippen molar-refractivity contribution in [3.63, 3.8) is 0 Å². The van der Waals surface area contributed by atoms with Gasteiger partial charge in [0.2, 0.25) is 6.79 Å². The Morgan fingerprint density at radius 1 is 1.22 bits per heavy atom. The average Bonchev–Trinajstić information content (AvgIpc) is 2.84. The van der Waals surface area contributed by atoms with E-state index in [4.69, 9.17) is 14.2 Å². The molecule has 0 saturated carbocycles. The standard InChI is InChI=1S/C13H12N2O3/c1-8-14-4-3-10(15-8)9-5-12-13(18-7-17-12)6-11(9)16-2/h3-6H,7H2,1-2H3. The first-order valence-corrected chi connectivity index (χ1v) is 5.55. The van der Waals surface area contributed by atoms with Crippen molar-refractivity contribution in [2.45, 2.75) is 6.92 Å². The summed E-state index contributed by atoms with van der Waals surface area (Å²) in [4.78, 5) is 8.48. The maximum atomic E-state index is 5.37. The second-order valence-corrected chi connectivity index (χ2v) is 3.89. The lowest BCUT2D eigenvalue weighted by atomic mass is 10.1. The van der Waals surface area contributed by atoms with Gasteiger partial charge < -0.3 is 14.2 Å². The van der Waals surface area contributed by atoms with Crippen LogP contribution < -0.4 is 14.2 Å². The molecule has 92 valence electrons. The summed E-state index contributed by atoms with van der Waals surface area (Å²) < 4.78 is 16.1. The van der Waals surface area contributed by atoms with E-state index >= 15 is 0 Å². The minimum Gasteiger partial charge on any atom is -0.496 e. The number of nitrogens with zero attached hydrogens (tertiary/aromatic N) is 2. The summed E-state index contributed by atoms with van der Waals surface area (Å²) in [6.07, 6.45) is 1.72. The number of aryl methyl sites for hydroxylation is 1. The molecule has 0 fully saturated rings. The van der Waals surface area contributed by atoms with Crippen LogP contribution in [-0.2, 0) is 0 Å². The largest absolute Gasteiger partial charge is 0.496 e. The normalized spacial score (nSPS) is 12.6. The first kappa shape index (κ1) is 10.8. The molecular formula is C13H12N2O3. The zero-order valence-corrected chi connectivity index (χ0v) is 10.1. The van der Waals surface area contributed by atoms with Gasteiger partial charge in [-0.2, -0.15) is 0 Å². The monoisotopic (exact) mass is 244 g/mol. The molecule has 2 aromatic rings. The Morgan fingerprint density at radius 2 is 2.00 bits per heavy atom. The molecule has 1 aromatic carbocycles. The van der Waals surface area contributed by atoms with Crippen LogP contribution in [0.25, 0.3) is 11.3 Å². The van der Waals surface area contributed by atoms with Crippen LogP contribution >= 0.6 is 0 Å². The van der Waals surface area contributed by atoms with Gasteiger partial charge in [-0.15, -0.1) is 0 Å². The van der Waals surface area contributed by atoms with Gasteiger partial charge in [-0.1, -0.05) is 0 Å². The molecule has 2 heterocycles. The zero-order valence-electron chi connectivity index (χ0n) is 10.1. The van der Waals surface area contributed by atoms with E-state index in [0.717, 1.165) is 11.3 Å². The molecule has 3 rings (SSSR count). The minimum atomic E-state index is 0.241. The van der Waals surface area contributed by atoms with E-state index in [2.05, 4.69) is 9.97 Å². The summed E-state index contributed by atoms with van der Waals surface area (Å²) in [7, 11) is 1.62. The fourth-order valence-electron chi connectivity index (χ4n) is 1.90. The molecule has 0 saturated heterocycles. The highest BCUT2D eigenvalue weighted by Gasteiger charge is 2.19. The number of fused-ring (bicyclic) bond motifs is 1. The third-order valence-corrected chi connectivity index (χ3v) is 2.75. The highest BCUT2D eigenvalue weighted by molar-refractivity contribution is 5.71. The fraction of sp³-hybridized carbons (Fsp3) is 0.231. The molecular weight excluding hydrogens is 232 g/mol. The molecule has 0 spiro atoms. The molecule has 1 aliphatic heterocycles. The number of methoxy groups -OCH3 is 1. The molecule has 18 heavy (non-hydrogen) atoms. The number of hydrogen-bond acceptors (Lipinski definition) is 5. The van der Waals surface area contributed by atoms with E-state index in [1.165, 1.54) is 0 Å². The summed E-state index contributed by atoms with van der Waals surface area (Å²) in [5.41, 5.74) is 1.67. The quantitative estimate of drug-likeness (QED) is 0.810. The number of hydrogen-bond donors (Lipinski definition) is 0. The topological polar surface area (TPSA) is 53.5 Å². The van der Waals surface area contributed by atoms with Gasteiger partial charge in [-0.05, 0) is 19.1 Å². The Morgan fingerprint density at radius 3 is 2.72 bits per heavy atom. The Balaban J connectivity index is 2.16. The van der Waals surface area contributed by atoms with Crippen LogP contribution in [0.2, 0.25) is 0 Å². The zero-order chi connectivity index (χ0) is 12.5. The third-order valence-electron chi connectivity index (χ3n) is 2.75. The summed E-state index contributed by atoms with van der Waals surface area (Å²) >= 11 is 0. The predicted molar refractivity (Wildman–Crippen MR) is 64.9 cm³/mol. The maximum Gasteiger partial charge on any atom is 0.231 e. The molecule has 1 aromatic heterocycles. The molecule has 5 nitrogen and oxygen atoms in total. The third kappa shape index (κ3) is 1.73. The van der Waals surface area contributed by atoms with Gasteiger partial charge in [0.05, 0.1) is 12.8 Å². The fourth-order valence-corrected chi connectivity index (χ4v) is 1.90. The first-order chi connectivity index (χ1) is 8.78. The number of ether oxygens (including phenoxy) is 3. The van der Waals surface area contributed by atoms with Gasteiger partial charge in [-0.25, -0.2) is 9.97 Å². The Labute approximate surface area is 104 Å². The molecule has 1 aliphatic rings. The molecule has 0 atom stereocenters. The Bertz CT molecular complexity index is 599. The summed E-state index contributed by atoms with van der Waals surface area (Å²) in [5, 5.41) is 0. The summed E-state index contributed by atoms with van der Waals surface area (Å²) in [5.74, 6) is 2.83. The SMILES string of the molecule is COc1cc2c(cc1-c1ccnc(C)n1)OCO2. The lowest BCUT2D eigenvalue weighted by molar-refractivity contribution is 0.174. The highest BCUT2D eigenvalue weighted by atomic mass is 16.7. The molecule has 0 radical (unpaired) electrons. The molecule has 0 N–H and O–H groups in total. The van der Waals surface area contributed by atoms with Crippen LogP contribution in [0.15, 0.2) is 24.4 Å². The number of aromatic nitrogens is 2. The second kappa shape index (κ2) is 4.18. The van der Waals surface area contributed by atoms with Crippen molar-refractivity contribution in [1.82, 2.24) is 9.97 Å². The number of benzene rings is 1. The Kier molecular flexibility index (Phi) is 2.51. The number of rotatable bonds is 2. The van der Waals surface area contributed by atoms with Gasteiger partial charge in [0, 0.05) is 17.8 Å². The lowest BCUT2D eigenvalue weighted by Crippen LogP contribution is -1.93. The van der Waals surface area contributed by atoms with E-state index in [0.29, 0.717) is 23.1 Å². The van der Waals surface area contributed by atoms with Crippen LogP contribution in [-0.4, -0.2) is 23.9 Å². The van der Waals surface area contributed by atoms with Crippen molar-refractivity contribution >= 4 is 0 Å².